The van der Waals surface area contributed by atoms with Gasteiger partial charge in [0.2, 0.25) is 0 Å². The largest absolute Gasteiger partial charge is 0.0998 e. The number of benzene rings is 1. The summed E-state index contributed by atoms with van der Waals surface area (Å²) in [6.45, 7) is 9.15. The third-order valence-corrected chi connectivity index (χ3v) is 5.13. The number of allylic oxidation sites excluding steroid dienone is 1. The maximum Gasteiger partial charge on any atom is 0.00213 e. The van der Waals surface area contributed by atoms with Crippen molar-refractivity contribution in [1.29, 1.82) is 0 Å². The molecule has 1 aromatic carbocycles. The second kappa shape index (κ2) is 3.00. The molecule has 2 aliphatic rings. The predicted octanol–water partition coefficient (Wildman–Crippen LogP) is 4.25. The summed E-state index contributed by atoms with van der Waals surface area (Å²) in [7, 11) is 0. The number of hydrogen-bond donors (Lipinski definition) is 0. The molecule has 0 nitrogen and oxygen atoms in total. The third kappa shape index (κ3) is 1.10. The standard InChI is InChI=1S/C16H20/c1-12-10-15(2)9-8-13-6-4-5-7-14(13)16(15,3)11-12/h4-7H,1,8-11H2,2-3H3/t15-,16+/m1/s1. The molecule has 16 heavy (non-hydrogen) atoms. The van der Waals surface area contributed by atoms with Crippen LogP contribution in [0.15, 0.2) is 36.4 Å². The zero-order chi connectivity index (χ0) is 11.4. The second-order valence-corrected chi connectivity index (χ2v) is 6.15. The third-order valence-electron chi connectivity index (χ3n) is 5.13. The Hall–Kier alpha value is -1.04. The van der Waals surface area contributed by atoms with E-state index in [2.05, 4.69) is 44.7 Å². The number of hydrogen-bond acceptors (Lipinski definition) is 0. The van der Waals surface area contributed by atoms with Crippen LogP contribution >= 0.6 is 0 Å². The van der Waals surface area contributed by atoms with E-state index >= 15 is 0 Å². The number of aryl methyl sites for hydroxylation is 1. The fourth-order valence-corrected chi connectivity index (χ4v) is 3.99. The first kappa shape index (κ1) is 10.1. The number of rotatable bonds is 0. The maximum absolute atomic E-state index is 4.24. The average Bonchev–Trinajstić information content (AvgIpc) is 2.49. The van der Waals surface area contributed by atoms with E-state index in [-0.39, 0.29) is 0 Å². The van der Waals surface area contributed by atoms with Crippen LogP contribution in [-0.4, -0.2) is 0 Å². The predicted molar refractivity (Wildman–Crippen MR) is 68.6 cm³/mol. The SMILES string of the molecule is C=C1C[C@@]2(C)CCc3ccccc3[C@]2(C)C1. The Kier molecular flexibility index (Phi) is 1.90. The molecule has 0 heteroatoms. The van der Waals surface area contributed by atoms with Crippen molar-refractivity contribution in [2.45, 2.75) is 44.9 Å². The normalized spacial score (nSPS) is 37.0. The summed E-state index contributed by atoms with van der Waals surface area (Å²) in [6, 6.07) is 9.01. The van der Waals surface area contributed by atoms with Gasteiger partial charge in [-0.3, -0.25) is 0 Å². The summed E-state index contributed by atoms with van der Waals surface area (Å²) < 4.78 is 0. The van der Waals surface area contributed by atoms with E-state index in [1.165, 1.54) is 31.3 Å². The molecule has 0 aromatic heterocycles. The van der Waals surface area contributed by atoms with Crippen molar-refractivity contribution in [2.24, 2.45) is 5.41 Å². The maximum atomic E-state index is 4.24. The summed E-state index contributed by atoms with van der Waals surface area (Å²) in [6.07, 6.45) is 4.97. The van der Waals surface area contributed by atoms with E-state index in [1.807, 2.05) is 0 Å². The van der Waals surface area contributed by atoms with Crippen molar-refractivity contribution < 1.29 is 0 Å². The van der Waals surface area contributed by atoms with Gasteiger partial charge >= 0.3 is 0 Å². The van der Waals surface area contributed by atoms with Gasteiger partial charge in [0.05, 0.1) is 0 Å². The summed E-state index contributed by atoms with van der Waals surface area (Å²) in [4.78, 5) is 0. The van der Waals surface area contributed by atoms with Gasteiger partial charge in [0.15, 0.2) is 0 Å². The highest BCUT2D eigenvalue weighted by molar-refractivity contribution is 5.43. The smallest absolute Gasteiger partial charge is 0.00213 e. The van der Waals surface area contributed by atoms with Crippen molar-refractivity contribution >= 4 is 0 Å². The van der Waals surface area contributed by atoms with Crippen LogP contribution in [-0.2, 0) is 11.8 Å². The van der Waals surface area contributed by atoms with E-state index in [0.717, 1.165) is 0 Å². The van der Waals surface area contributed by atoms with Gasteiger partial charge in [-0.1, -0.05) is 50.3 Å². The molecule has 0 spiro atoms. The van der Waals surface area contributed by atoms with Crippen molar-refractivity contribution in [3.63, 3.8) is 0 Å². The van der Waals surface area contributed by atoms with E-state index in [0.29, 0.717) is 10.8 Å². The van der Waals surface area contributed by atoms with Crippen molar-refractivity contribution in [3.8, 4) is 0 Å². The quantitative estimate of drug-likeness (QED) is 0.564. The Bertz CT molecular complexity index is 457. The lowest BCUT2D eigenvalue weighted by molar-refractivity contribution is 0.164. The Labute approximate surface area is 98.4 Å². The molecule has 0 bridgehead atoms. The van der Waals surface area contributed by atoms with Crippen LogP contribution < -0.4 is 0 Å². The molecule has 0 unspecified atom stereocenters. The molecule has 0 aliphatic heterocycles. The zero-order valence-corrected chi connectivity index (χ0v) is 10.3. The summed E-state index contributed by atoms with van der Waals surface area (Å²) in [5.41, 5.74) is 5.37. The van der Waals surface area contributed by atoms with Gasteiger partial charge in [0.1, 0.15) is 0 Å². The molecule has 1 fully saturated rings. The molecule has 2 aliphatic carbocycles. The van der Waals surface area contributed by atoms with Crippen molar-refractivity contribution in [3.05, 3.63) is 47.5 Å². The minimum Gasteiger partial charge on any atom is -0.0998 e. The zero-order valence-electron chi connectivity index (χ0n) is 10.3. The highest BCUT2D eigenvalue weighted by atomic mass is 14.6. The highest BCUT2D eigenvalue weighted by Gasteiger charge is 2.53. The van der Waals surface area contributed by atoms with Crippen LogP contribution in [0.3, 0.4) is 0 Å². The van der Waals surface area contributed by atoms with Crippen LogP contribution in [0, 0.1) is 5.41 Å². The van der Waals surface area contributed by atoms with Crippen molar-refractivity contribution in [1.82, 2.24) is 0 Å². The van der Waals surface area contributed by atoms with E-state index in [1.54, 1.807) is 11.1 Å². The summed E-state index contributed by atoms with van der Waals surface area (Å²) in [5.74, 6) is 0. The molecular weight excluding hydrogens is 192 g/mol. The first-order valence-electron chi connectivity index (χ1n) is 6.30. The van der Waals surface area contributed by atoms with Gasteiger partial charge in [-0.25, -0.2) is 0 Å². The lowest BCUT2D eigenvalue weighted by Gasteiger charge is -2.46. The molecule has 0 radical (unpaired) electrons. The molecule has 0 saturated heterocycles. The minimum atomic E-state index is 0.332. The average molecular weight is 212 g/mol. The first-order chi connectivity index (χ1) is 7.55. The molecule has 0 N–H and O–H groups in total. The molecule has 3 rings (SSSR count). The highest BCUT2D eigenvalue weighted by Crippen LogP contribution is 2.60. The Morgan fingerprint density at radius 1 is 1.12 bits per heavy atom. The van der Waals surface area contributed by atoms with Gasteiger partial charge in [0.25, 0.3) is 0 Å². The fourth-order valence-electron chi connectivity index (χ4n) is 3.99. The lowest BCUT2D eigenvalue weighted by atomic mass is 9.57. The van der Waals surface area contributed by atoms with E-state index in [4.69, 9.17) is 0 Å². The number of fused-ring (bicyclic) bond motifs is 3. The minimum absolute atomic E-state index is 0.332. The molecular formula is C16H20. The van der Waals surface area contributed by atoms with Crippen LogP contribution in [0.25, 0.3) is 0 Å². The topological polar surface area (TPSA) is 0 Å². The fraction of sp³-hybridized carbons (Fsp3) is 0.500. The van der Waals surface area contributed by atoms with Crippen LogP contribution in [0.1, 0.15) is 44.2 Å². The Morgan fingerprint density at radius 2 is 1.88 bits per heavy atom. The monoisotopic (exact) mass is 212 g/mol. The second-order valence-electron chi connectivity index (χ2n) is 6.15. The van der Waals surface area contributed by atoms with Gasteiger partial charge in [-0.15, -0.1) is 0 Å². The van der Waals surface area contributed by atoms with Crippen LogP contribution in [0.4, 0.5) is 0 Å². The first-order valence-corrected chi connectivity index (χ1v) is 6.30. The summed E-state index contributed by atoms with van der Waals surface area (Å²) in [5, 5.41) is 0. The molecule has 0 heterocycles. The van der Waals surface area contributed by atoms with Crippen LogP contribution in [0.5, 0.6) is 0 Å². The van der Waals surface area contributed by atoms with Gasteiger partial charge in [-0.2, -0.15) is 0 Å². The van der Waals surface area contributed by atoms with Crippen molar-refractivity contribution in [2.75, 3.05) is 0 Å². The molecule has 2 atom stereocenters. The Balaban J connectivity index is 2.21. The van der Waals surface area contributed by atoms with E-state index < -0.39 is 0 Å². The lowest BCUT2D eigenvalue weighted by Crippen LogP contribution is -2.40. The van der Waals surface area contributed by atoms with Crippen LogP contribution in [0.2, 0.25) is 0 Å². The summed E-state index contributed by atoms with van der Waals surface area (Å²) >= 11 is 0. The van der Waals surface area contributed by atoms with Gasteiger partial charge < -0.3 is 0 Å². The Morgan fingerprint density at radius 3 is 2.69 bits per heavy atom. The molecule has 0 amide bonds. The molecule has 84 valence electrons. The van der Waals surface area contributed by atoms with Gasteiger partial charge in [0, 0.05) is 5.41 Å². The van der Waals surface area contributed by atoms with Gasteiger partial charge in [-0.05, 0) is 42.2 Å². The molecule has 1 aromatic rings. The van der Waals surface area contributed by atoms with E-state index in [9.17, 15) is 0 Å². The molecule has 1 saturated carbocycles.